The second kappa shape index (κ2) is 3.30. The van der Waals surface area contributed by atoms with Crippen LogP contribution in [0.25, 0.3) is 0 Å². The van der Waals surface area contributed by atoms with Gasteiger partial charge >= 0.3 is 0 Å². The first-order valence-corrected chi connectivity index (χ1v) is 5.19. The third-order valence-corrected chi connectivity index (χ3v) is 2.83. The highest BCUT2D eigenvalue weighted by atomic mass is 16.5. The molecule has 2 nitrogen and oxygen atoms in total. The fraction of sp³-hybridized carbons (Fsp3) is 0.385. The van der Waals surface area contributed by atoms with Gasteiger partial charge in [-0.25, -0.2) is 0 Å². The molecule has 0 aromatic heterocycles. The molecule has 0 spiro atoms. The Hall–Kier alpha value is -1.44. The molecule has 0 saturated heterocycles. The molecule has 0 aliphatic carbocycles. The van der Waals surface area contributed by atoms with Gasteiger partial charge in [-0.15, -0.1) is 0 Å². The normalized spacial score (nSPS) is 18.5. The summed E-state index contributed by atoms with van der Waals surface area (Å²) in [4.78, 5) is 0. The Morgan fingerprint density at radius 2 is 2.13 bits per heavy atom. The van der Waals surface area contributed by atoms with Crippen molar-refractivity contribution >= 4 is 5.69 Å². The predicted molar refractivity (Wildman–Crippen MR) is 63.2 cm³/mol. The first-order valence-electron chi connectivity index (χ1n) is 5.19. The Morgan fingerprint density at radius 1 is 1.40 bits per heavy atom. The van der Waals surface area contributed by atoms with E-state index in [-0.39, 0.29) is 5.41 Å². The largest absolute Gasteiger partial charge is 0.490 e. The standard InChI is InChI=1S/C13H17NO/c1-9-5-6-12-11(7-9)14-10(2)13(3,4)8-15-12/h5-7,14H,2,8H2,1,3-4H3. The van der Waals surface area contributed by atoms with E-state index >= 15 is 0 Å². The second-order valence-electron chi connectivity index (χ2n) is 4.78. The monoisotopic (exact) mass is 203 g/mol. The topological polar surface area (TPSA) is 21.3 Å². The third kappa shape index (κ3) is 1.84. The molecule has 15 heavy (non-hydrogen) atoms. The summed E-state index contributed by atoms with van der Waals surface area (Å²) in [5, 5.41) is 3.33. The first-order chi connectivity index (χ1) is 6.99. The van der Waals surface area contributed by atoms with Crippen LogP contribution >= 0.6 is 0 Å². The van der Waals surface area contributed by atoms with E-state index in [2.05, 4.69) is 44.8 Å². The van der Waals surface area contributed by atoms with Gasteiger partial charge < -0.3 is 10.1 Å². The van der Waals surface area contributed by atoms with Crippen molar-refractivity contribution in [3.63, 3.8) is 0 Å². The van der Waals surface area contributed by atoms with E-state index in [0.717, 1.165) is 17.1 Å². The number of hydrogen-bond acceptors (Lipinski definition) is 2. The maximum absolute atomic E-state index is 5.77. The van der Waals surface area contributed by atoms with Crippen molar-refractivity contribution in [1.29, 1.82) is 0 Å². The summed E-state index contributed by atoms with van der Waals surface area (Å²) in [7, 11) is 0. The molecule has 0 fully saturated rings. The zero-order valence-electron chi connectivity index (χ0n) is 9.55. The number of hydrogen-bond donors (Lipinski definition) is 1. The van der Waals surface area contributed by atoms with E-state index in [1.54, 1.807) is 0 Å². The van der Waals surface area contributed by atoms with Crippen LogP contribution in [0.3, 0.4) is 0 Å². The van der Waals surface area contributed by atoms with Crippen LogP contribution in [0.2, 0.25) is 0 Å². The number of anilines is 1. The van der Waals surface area contributed by atoms with Gasteiger partial charge in [-0.05, 0) is 24.6 Å². The number of fused-ring (bicyclic) bond motifs is 1. The second-order valence-corrected chi connectivity index (χ2v) is 4.78. The van der Waals surface area contributed by atoms with Crippen molar-refractivity contribution < 1.29 is 4.74 Å². The van der Waals surface area contributed by atoms with Crippen molar-refractivity contribution in [2.24, 2.45) is 5.41 Å². The summed E-state index contributed by atoms with van der Waals surface area (Å²) >= 11 is 0. The van der Waals surface area contributed by atoms with Gasteiger partial charge in [0.1, 0.15) is 5.75 Å². The van der Waals surface area contributed by atoms with Crippen LogP contribution in [0, 0.1) is 12.3 Å². The minimum absolute atomic E-state index is 0.0348. The van der Waals surface area contributed by atoms with Gasteiger partial charge in [0.2, 0.25) is 0 Å². The molecule has 1 aliphatic heterocycles. The van der Waals surface area contributed by atoms with E-state index in [1.807, 2.05) is 6.07 Å². The lowest BCUT2D eigenvalue weighted by Crippen LogP contribution is -2.24. The van der Waals surface area contributed by atoms with Crippen molar-refractivity contribution in [3.05, 3.63) is 36.0 Å². The van der Waals surface area contributed by atoms with Crippen molar-refractivity contribution in [2.45, 2.75) is 20.8 Å². The van der Waals surface area contributed by atoms with Gasteiger partial charge in [0.15, 0.2) is 0 Å². The summed E-state index contributed by atoms with van der Waals surface area (Å²) in [5.74, 6) is 0.910. The van der Waals surface area contributed by atoms with Crippen molar-refractivity contribution in [2.75, 3.05) is 11.9 Å². The molecule has 1 aliphatic rings. The van der Waals surface area contributed by atoms with Gasteiger partial charge in [-0.1, -0.05) is 26.5 Å². The molecule has 0 atom stereocenters. The van der Waals surface area contributed by atoms with Crippen LogP contribution in [0.4, 0.5) is 5.69 Å². The highest BCUT2D eigenvalue weighted by molar-refractivity contribution is 5.62. The highest BCUT2D eigenvalue weighted by Gasteiger charge is 2.27. The number of benzene rings is 1. The number of aryl methyl sites for hydroxylation is 1. The summed E-state index contributed by atoms with van der Waals surface area (Å²) < 4.78 is 5.77. The van der Waals surface area contributed by atoms with Crippen LogP contribution < -0.4 is 10.1 Å². The molecule has 0 saturated carbocycles. The summed E-state index contributed by atoms with van der Waals surface area (Å²) in [6.45, 7) is 11.0. The Bertz CT molecular complexity index is 407. The molecule has 2 heteroatoms. The molecule has 2 rings (SSSR count). The quantitative estimate of drug-likeness (QED) is 0.698. The number of ether oxygens (including phenoxy) is 1. The average Bonchev–Trinajstić information content (AvgIpc) is 2.25. The summed E-state index contributed by atoms with van der Waals surface area (Å²) in [6.07, 6.45) is 0. The fourth-order valence-electron chi connectivity index (χ4n) is 1.54. The minimum Gasteiger partial charge on any atom is -0.490 e. The molecular weight excluding hydrogens is 186 g/mol. The molecule has 1 N–H and O–H groups in total. The lowest BCUT2D eigenvalue weighted by molar-refractivity contribution is 0.220. The maximum Gasteiger partial charge on any atom is 0.142 e. The van der Waals surface area contributed by atoms with Crippen LogP contribution in [0.1, 0.15) is 19.4 Å². The van der Waals surface area contributed by atoms with Gasteiger partial charge in [-0.2, -0.15) is 0 Å². The third-order valence-electron chi connectivity index (χ3n) is 2.83. The summed E-state index contributed by atoms with van der Waals surface area (Å²) in [6, 6.07) is 6.15. The first kappa shape index (κ1) is 10.1. The Labute approximate surface area is 91.0 Å². The zero-order chi connectivity index (χ0) is 11.1. The number of nitrogens with one attached hydrogen (secondary N) is 1. The highest BCUT2D eigenvalue weighted by Crippen LogP contribution is 2.36. The Kier molecular flexibility index (Phi) is 2.22. The lowest BCUT2D eigenvalue weighted by Gasteiger charge is -2.23. The summed E-state index contributed by atoms with van der Waals surface area (Å²) in [5.41, 5.74) is 3.21. The zero-order valence-corrected chi connectivity index (χ0v) is 9.55. The van der Waals surface area contributed by atoms with E-state index in [1.165, 1.54) is 5.56 Å². The molecule has 1 aromatic carbocycles. The molecule has 1 heterocycles. The minimum atomic E-state index is -0.0348. The van der Waals surface area contributed by atoms with Gasteiger partial charge in [0.05, 0.1) is 12.3 Å². The molecule has 0 radical (unpaired) electrons. The number of rotatable bonds is 0. The van der Waals surface area contributed by atoms with E-state index in [4.69, 9.17) is 4.74 Å². The SMILES string of the molecule is C=C1Nc2cc(C)ccc2OCC1(C)C. The maximum atomic E-state index is 5.77. The van der Waals surface area contributed by atoms with Gasteiger partial charge in [-0.3, -0.25) is 0 Å². The molecule has 1 aromatic rings. The molecule has 80 valence electrons. The van der Waals surface area contributed by atoms with Gasteiger partial charge in [0, 0.05) is 11.1 Å². The average molecular weight is 203 g/mol. The van der Waals surface area contributed by atoms with Crippen molar-refractivity contribution in [1.82, 2.24) is 0 Å². The van der Waals surface area contributed by atoms with Crippen LogP contribution in [0.15, 0.2) is 30.5 Å². The predicted octanol–water partition coefficient (Wildman–Crippen LogP) is 3.34. The van der Waals surface area contributed by atoms with E-state index in [0.29, 0.717) is 6.61 Å². The Morgan fingerprint density at radius 3 is 2.87 bits per heavy atom. The van der Waals surface area contributed by atoms with Gasteiger partial charge in [0.25, 0.3) is 0 Å². The Balaban J connectivity index is 2.40. The van der Waals surface area contributed by atoms with E-state index < -0.39 is 0 Å². The van der Waals surface area contributed by atoms with Crippen LogP contribution in [-0.4, -0.2) is 6.61 Å². The molecule has 0 bridgehead atoms. The fourth-order valence-corrected chi connectivity index (χ4v) is 1.54. The lowest BCUT2D eigenvalue weighted by atomic mass is 9.91. The molecule has 0 amide bonds. The van der Waals surface area contributed by atoms with Crippen LogP contribution in [-0.2, 0) is 0 Å². The van der Waals surface area contributed by atoms with E-state index in [9.17, 15) is 0 Å². The smallest absolute Gasteiger partial charge is 0.142 e. The van der Waals surface area contributed by atoms with Crippen molar-refractivity contribution in [3.8, 4) is 5.75 Å². The van der Waals surface area contributed by atoms with Crippen LogP contribution in [0.5, 0.6) is 5.75 Å². The molecular formula is C13H17NO. The molecule has 0 unspecified atom stereocenters.